The Morgan fingerprint density at radius 1 is 1.04 bits per heavy atom. The predicted molar refractivity (Wildman–Crippen MR) is 96.3 cm³/mol. The maximum absolute atomic E-state index is 12.1. The number of carbonyl (C=O) groups is 2. The summed E-state index contributed by atoms with van der Waals surface area (Å²) in [6.07, 6.45) is 1.53. The number of rotatable bonds is 5. The third-order valence-electron chi connectivity index (χ3n) is 3.81. The van der Waals surface area contributed by atoms with Gasteiger partial charge in [0, 0.05) is 18.1 Å². The summed E-state index contributed by atoms with van der Waals surface area (Å²) in [5, 5.41) is 7.05. The molecule has 0 spiro atoms. The molecule has 0 aliphatic rings. The first-order valence-corrected chi connectivity index (χ1v) is 7.92. The van der Waals surface area contributed by atoms with Crippen LogP contribution in [-0.2, 0) is 11.3 Å². The Labute approximate surface area is 145 Å². The van der Waals surface area contributed by atoms with Gasteiger partial charge in [0.2, 0.25) is 5.91 Å². The van der Waals surface area contributed by atoms with Gasteiger partial charge in [-0.3, -0.25) is 10.1 Å². The van der Waals surface area contributed by atoms with Crippen LogP contribution in [0.3, 0.4) is 0 Å². The van der Waals surface area contributed by atoms with E-state index in [2.05, 4.69) is 10.6 Å². The van der Waals surface area contributed by atoms with Gasteiger partial charge in [0.05, 0.1) is 19.4 Å². The number of amides is 3. The number of anilines is 1. The highest BCUT2D eigenvalue weighted by Crippen LogP contribution is 2.25. The van der Waals surface area contributed by atoms with E-state index in [9.17, 15) is 9.59 Å². The summed E-state index contributed by atoms with van der Waals surface area (Å²) in [5.74, 6) is 0.239. The third kappa shape index (κ3) is 4.17. The molecule has 0 radical (unpaired) electrons. The van der Waals surface area contributed by atoms with Crippen LogP contribution in [0.4, 0.5) is 10.5 Å². The number of furan rings is 1. The summed E-state index contributed by atoms with van der Waals surface area (Å²) >= 11 is 0. The van der Waals surface area contributed by atoms with E-state index in [4.69, 9.17) is 4.42 Å². The first-order chi connectivity index (χ1) is 12.1. The number of carbonyl (C=O) groups excluding carboxylic acids is 2. The van der Waals surface area contributed by atoms with Crippen LogP contribution in [-0.4, -0.2) is 25.5 Å². The molecule has 1 heterocycles. The van der Waals surface area contributed by atoms with Crippen LogP contribution in [0.25, 0.3) is 10.8 Å². The summed E-state index contributed by atoms with van der Waals surface area (Å²) in [6, 6.07) is 16.8. The Morgan fingerprint density at radius 2 is 1.84 bits per heavy atom. The topological polar surface area (TPSA) is 74.6 Å². The van der Waals surface area contributed by atoms with E-state index >= 15 is 0 Å². The largest absolute Gasteiger partial charge is 0.467 e. The number of benzene rings is 2. The predicted octanol–water partition coefficient (Wildman–Crippen LogP) is 2.90. The lowest BCUT2D eigenvalue weighted by atomic mass is 10.1. The molecule has 1 aromatic heterocycles. The zero-order chi connectivity index (χ0) is 17.6. The lowest BCUT2D eigenvalue weighted by molar-refractivity contribution is -0.118. The number of likely N-dealkylation sites (N-methyl/N-ethyl adjacent to an activating group) is 1. The van der Waals surface area contributed by atoms with Crippen molar-refractivity contribution in [2.45, 2.75) is 6.54 Å². The maximum Gasteiger partial charge on any atom is 0.321 e. The van der Waals surface area contributed by atoms with Crippen molar-refractivity contribution in [1.82, 2.24) is 10.6 Å². The Hall–Kier alpha value is -3.28. The van der Waals surface area contributed by atoms with Crippen molar-refractivity contribution in [1.29, 1.82) is 0 Å². The Morgan fingerprint density at radius 3 is 2.64 bits per heavy atom. The number of imide groups is 1. The SMILES string of the molecule is CN(CC(=O)NC(=O)NCc1ccco1)c1cccc2ccccc12. The molecular weight excluding hydrogens is 318 g/mol. The molecule has 0 unspecified atom stereocenters. The Balaban J connectivity index is 1.57. The second-order valence-corrected chi connectivity index (χ2v) is 5.66. The van der Waals surface area contributed by atoms with Gasteiger partial charge in [-0.1, -0.05) is 36.4 Å². The zero-order valence-electron chi connectivity index (χ0n) is 13.9. The molecular formula is C19H19N3O3. The average molecular weight is 337 g/mol. The van der Waals surface area contributed by atoms with Crippen molar-refractivity contribution in [3.8, 4) is 0 Å². The average Bonchev–Trinajstić information content (AvgIpc) is 3.13. The van der Waals surface area contributed by atoms with Gasteiger partial charge < -0.3 is 14.6 Å². The van der Waals surface area contributed by atoms with E-state index in [0.29, 0.717) is 5.76 Å². The molecule has 25 heavy (non-hydrogen) atoms. The normalized spacial score (nSPS) is 10.4. The molecule has 3 aromatic rings. The minimum atomic E-state index is -0.548. The summed E-state index contributed by atoms with van der Waals surface area (Å²) in [7, 11) is 1.82. The molecule has 6 heteroatoms. The summed E-state index contributed by atoms with van der Waals surface area (Å²) in [5.41, 5.74) is 0.934. The standard InChI is InChI=1S/C19H19N3O3/c1-22(17-10-4-7-14-6-2-3-9-16(14)17)13-18(23)21-19(24)20-12-15-8-5-11-25-15/h2-11H,12-13H2,1H3,(H2,20,21,23,24). The lowest BCUT2D eigenvalue weighted by Crippen LogP contribution is -2.43. The molecule has 0 saturated heterocycles. The van der Waals surface area contributed by atoms with Crippen LogP contribution in [0.5, 0.6) is 0 Å². The van der Waals surface area contributed by atoms with Gasteiger partial charge in [0.1, 0.15) is 5.76 Å². The number of fused-ring (bicyclic) bond motifs is 1. The van der Waals surface area contributed by atoms with Crippen molar-refractivity contribution in [2.24, 2.45) is 0 Å². The van der Waals surface area contributed by atoms with Crippen LogP contribution in [0.1, 0.15) is 5.76 Å². The van der Waals surface area contributed by atoms with E-state index in [-0.39, 0.29) is 19.0 Å². The lowest BCUT2D eigenvalue weighted by Gasteiger charge is -2.20. The molecule has 128 valence electrons. The molecule has 0 fully saturated rings. The first kappa shape index (κ1) is 16.6. The number of urea groups is 1. The quantitative estimate of drug-likeness (QED) is 0.751. The Bertz CT molecular complexity index is 869. The van der Waals surface area contributed by atoms with E-state index in [1.807, 2.05) is 54.4 Å². The van der Waals surface area contributed by atoms with Crippen molar-refractivity contribution < 1.29 is 14.0 Å². The molecule has 3 amide bonds. The molecule has 3 rings (SSSR count). The summed E-state index contributed by atoms with van der Waals surface area (Å²) in [4.78, 5) is 25.7. The van der Waals surface area contributed by atoms with Crippen LogP contribution >= 0.6 is 0 Å². The van der Waals surface area contributed by atoms with Gasteiger partial charge in [-0.05, 0) is 23.6 Å². The highest BCUT2D eigenvalue weighted by atomic mass is 16.3. The molecule has 6 nitrogen and oxygen atoms in total. The van der Waals surface area contributed by atoms with Gasteiger partial charge in [-0.15, -0.1) is 0 Å². The van der Waals surface area contributed by atoms with Crippen LogP contribution in [0.15, 0.2) is 65.3 Å². The van der Waals surface area contributed by atoms with Gasteiger partial charge in [-0.2, -0.15) is 0 Å². The van der Waals surface area contributed by atoms with Gasteiger partial charge in [0.15, 0.2) is 0 Å². The Kier molecular flexibility index (Phi) is 4.99. The van der Waals surface area contributed by atoms with E-state index < -0.39 is 6.03 Å². The van der Waals surface area contributed by atoms with Gasteiger partial charge in [-0.25, -0.2) is 4.79 Å². The van der Waals surface area contributed by atoms with Gasteiger partial charge in [0.25, 0.3) is 0 Å². The van der Waals surface area contributed by atoms with E-state index in [1.165, 1.54) is 6.26 Å². The highest BCUT2D eigenvalue weighted by molar-refractivity contribution is 5.99. The molecule has 0 aliphatic carbocycles. The molecule has 0 bridgehead atoms. The molecule has 2 aromatic carbocycles. The van der Waals surface area contributed by atoms with Crippen molar-refractivity contribution in [2.75, 3.05) is 18.5 Å². The zero-order valence-corrected chi connectivity index (χ0v) is 13.9. The van der Waals surface area contributed by atoms with Gasteiger partial charge >= 0.3 is 6.03 Å². The minimum Gasteiger partial charge on any atom is -0.467 e. The van der Waals surface area contributed by atoms with Crippen LogP contribution in [0.2, 0.25) is 0 Å². The van der Waals surface area contributed by atoms with Crippen LogP contribution < -0.4 is 15.5 Å². The number of hydrogen-bond donors (Lipinski definition) is 2. The second kappa shape index (κ2) is 7.53. The smallest absolute Gasteiger partial charge is 0.321 e. The highest BCUT2D eigenvalue weighted by Gasteiger charge is 2.13. The second-order valence-electron chi connectivity index (χ2n) is 5.66. The fourth-order valence-corrected chi connectivity index (χ4v) is 2.63. The third-order valence-corrected chi connectivity index (χ3v) is 3.81. The number of hydrogen-bond acceptors (Lipinski definition) is 4. The maximum atomic E-state index is 12.1. The molecule has 0 atom stereocenters. The monoisotopic (exact) mass is 337 g/mol. The molecule has 0 aliphatic heterocycles. The summed E-state index contributed by atoms with van der Waals surface area (Å²) < 4.78 is 5.12. The fraction of sp³-hybridized carbons (Fsp3) is 0.158. The van der Waals surface area contributed by atoms with Crippen molar-refractivity contribution in [3.63, 3.8) is 0 Å². The first-order valence-electron chi connectivity index (χ1n) is 7.92. The molecule has 0 saturated carbocycles. The molecule has 2 N–H and O–H groups in total. The van der Waals surface area contributed by atoms with Crippen molar-refractivity contribution >= 4 is 28.4 Å². The van der Waals surface area contributed by atoms with Crippen LogP contribution in [0, 0.1) is 0 Å². The van der Waals surface area contributed by atoms with E-state index in [0.717, 1.165) is 16.5 Å². The minimum absolute atomic E-state index is 0.0716. The van der Waals surface area contributed by atoms with E-state index in [1.54, 1.807) is 12.1 Å². The summed E-state index contributed by atoms with van der Waals surface area (Å²) in [6.45, 7) is 0.299. The number of nitrogens with zero attached hydrogens (tertiary/aromatic N) is 1. The fourth-order valence-electron chi connectivity index (χ4n) is 2.63. The van der Waals surface area contributed by atoms with Crippen molar-refractivity contribution in [3.05, 3.63) is 66.6 Å². The number of nitrogens with one attached hydrogen (secondary N) is 2.